The van der Waals surface area contributed by atoms with Gasteiger partial charge in [0, 0.05) is 5.69 Å². The van der Waals surface area contributed by atoms with E-state index >= 15 is 0 Å². The molecule has 0 bridgehead atoms. The van der Waals surface area contributed by atoms with Gasteiger partial charge in [-0.25, -0.2) is 4.98 Å². The first-order valence-corrected chi connectivity index (χ1v) is 7.03. The standard InChI is InChI=1S/C16H19N3S/c1-10(2)12-7-4-6-11(3)15(12)19-14-9-5-8-13(18-14)16(17)20/h4-10H,1-3H3,(H2,17,20)(H,18,19). The number of benzene rings is 1. The molecule has 0 aliphatic rings. The van der Waals surface area contributed by atoms with Crippen molar-refractivity contribution in [1.29, 1.82) is 0 Å². The molecule has 1 heterocycles. The number of thiocarbonyl (C=S) groups is 1. The van der Waals surface area contributed by atoms with Gasteiger partial charge in [-0.2, -0.15) is 0 Å². The van der Waals surface area contributed by atoms with E-state index < -0.39 is 0 Å². The summed E-state index contributed by atoms with van der Waals surface area (Å²) in [6, 6.07) is 11.9. The minimum Gasteiger partial charge on any atom is -0.388 e. The van der Waals surface area contributed by atoms with Crippen LogP contribution in [0, 0.1) is 6.92 Å². The molecule has 0 aliphatic carbocycles. The highest BCUT2D eigenvalue weighted by molar-refractivity contribution is 7.80. The van der Waals surface area contributed by atoms with E-state index in [1.165, 1.54) is 11.1 Å². The molecule has 3 N–H and O–H groups in total. The highest BCUT2D eigenvalue weighted by Crippen LogP contribution is 2.29. The molecular formula is C16H19N3S. The molecule has 0 fully saturated rings. The maximum absolute atomic E-state index is 5.63. The van der Waals surface area contributed by atoms with E-state index in [1.807, 2.05) is 18.2 Å². The van der Waals surface area contributed by atoms with Gasteiger partial charge in [0.1, 0.15) is 10.8 Å². The zero-order valence-corrected chi connectivity index (χ0v) is 12.8. The molecular weight excluding hydrogens is 266 g/mol. The van der Waals surface area contributed by atoms with Crippen molar-refractivity contribution in [2.75, 3.05) is 5.32 Å². The number of nitrogens with one attached hydrogen (secondary N) is 1. The lowest BCUT2D eigenvalue weighted by molar-refractivity contribution is 0.867. The van der Waals surface area contributed by atoms with Crippen LogP contribution in [0.3, 0.4) is 0 Å². The molecule has 0 saturated carbocycles. The first-order valence-electron chi connectivity index (χ1n) is 6.62. The number of aryl methyl sites for hydroxylation is 1. The van der Waals surface area contributed by atoms with Crippen LogP contribution in [0.15, 0.2) is 36.4 Å². The highest BCUT2D eigenvalue weighted by atomic mass is 32.1. The van der Waals surface area contributed by atoms with Gasteiger partial charge in [-0.15, -0.1) is 0 Å². The van der Waals surface area contributed by atoms with Crippen LogP contribution in [0.4, 0.5) is 11.5 Å². The number of nitrogens with two attached hydrogens (primary N) is 1. The smallest absolute Gasteiger partial charge is 0.131 e. The highest BCUT2D eigenvalue weighted by Gasteiger charge is 2.10. The molecule has 0 saturated heterocycles. The Morgan fingerprint density at radius 1 is 1.20 bits per heavy atom. The second kappa shape index (κ2) is 6.01. The Bertz CT molecular complexity index is 635. The predicted octanol–water partition coefficient (Wildman–Crippen LogP) is 3.89. The van der Waals surface area contributed by atoms with Gasteiger partial charge in [0.2, 0.25) is 0 Å². The zero-order valence-electron chi connectivity index (χ0n) is 12.0. The Morgan fingerprint density at radius 3 is 2.55 bits per heavy atom. The van der Waals surface area contributed by atoms with E-state index in [0.717, 1.165) is 11.5 Å². The molecule has 0 aliphatic heterocycles. The van der Waals surface area contributed by atoms with Gasteiger partial charge in [-0.3, -0.25) is 0 Å². The van der Waals surface area contributed by atoms with Crippen molar-refractivity contribution >= 4 is 28.7 Å². The van der Waals surface area contributed by atoms with Crippen LogP contribution in [0.25, 0.3) is 0 Å². The fraction of sp³-hybridized carbons (Fsp3) is 0.250. The van der Waals surface area contributed by atoms with Gasteiger partial charge in [-0.1, -0.05) is 50.3 Å². The average Bonchev–Trinajstić information content (AvgIpc) is 2.41. The average molecular weight is 285 g/mol. The molecule has 1 aromatic carbocycles. The van der Waals surface area contributed by atoms with Crippen molar-refractivity contribution in [3.8, 4) is 0 Å². The minimum atomic E-state index is 0.308. The Labute approximate surface area is 125 Å². The van der Waals surface area contributed by atoms with Crippen LogP contribution in [0.2, 0.25) is 0 Å². The van der Waals surface area contributed by atoms with Crippen molar-refractivity contribution in [3.05, 3.63) is 53.2 Å². The molecule has 20 heavy (non-hydrogen) atoms. The van der Waals surface area contributed by atoms with Gasteiger partial charge in [0.25, 0.3) is 0 Å². The SMILES string of the molecule is Cc1cccc(C(C)C)c1Nc1cccc(C(N)=S)n1. The molecule has 2 rings (SSSR count). The van der Waals surface area contributed by atoms with Crippen molar-refractivity contribution in [2.24, 2.45) is 5.73 Å². The molecule has 2 aromatic rings. The maximum atomic E-state index is 5.63. The van der Waals surface area contributed by atoms with Crippen molar-refractivity contribution in [2.45, 2.75) is 26.7 Å². The first-order chi connectivity index (χ1) is 9.49. The van der Waals surface area contributed by atoms with E-state index in [9.17, 15) is 0 Å². The molecule has 1 aromatic heterocycles. The van der Waals surface area contributed by atoms with Gasteiger partial charge < -0.3 is 11.1 Å². The van der Waals surface area contributed by atoms with Gasteiger partial charge in [0.05, 0.1) is 5.69 Å². The summed E-state index contributed by atoms with van der Waals surface area (Å²) in [6.07, 6.45) is 0. The summed E-state index contributed by atoms with van der Waals surface area (Å²) >= 11 is 4.97. The number of nitrogens with zero attached hydrogens (tertiary/aromatic N) is 1. The lowest BCUT2D eigenvalue weighted by Crippen LogP contribution is -2.12. The second-order valence-electron chi connectivity index (χ2n) is 5.09. The molecule has 0 spiro atoms. The van der Waals surface area contributed by atoms with Gasteiger partial charge in [0.15, 0.2) is 0 Å². The van der Waals surface area contributed by atoms with Crippen LogP contribution < -0.4 is 11.1 Å². The number of aromatic nitrogens is 1. The number of pyridine rings is 1. The largest absolute Gasteiger partial charge is 0.388 e. The zero-order chi connectivity index (χ0) is 14.7. The minimum absolute atomic E-state index is 0.308. The van der Waals surface area contributed by atoms with Crippen LogP contribution in [0.5, 0.6) is 0 Å². The fourth-order valence-corrected chi connectivity index (χ4v) is 2.23. The third-order valence-corrected chi connectivity index (χ3v) is 3.39. The number of para-hydroxylation sites is 1. The van der Waals surface area contributed by atoms with E-state index in [1.54, 1.807) is 0 Å². The maximum Gasteiger partial charge on any atom is 0.131 e. The molecule has 3 nitrogen and oxygen atoms in total. The molecule has 0 unspecified atom stereocenters. The second-order valence-corrected chi connectivity index (χ2v) is 5.53. The summed E-state index contributed by atoms with van der Waals surface area (Å²) in [6.45, 7) is 6.45. The Morgan fingerprint density at radius 2 is 1.90 bits per heavy atom. The van der Waals surface area contributed by atoms with Crippen LogP contribution in [0.1, 0.15) is 36.6 Å². The quantitative estimate of drug-likeness (QED) is 0.837. The Kier molecular flexibility index (Phi) is 4.35. The third-order valence-electron chi connectivity index (χ3n) is 3.18. The third kappa shape index (κ3) is 3.14. The summed E-state index contributed by atoms with van der Waals surface area (Å²) in [5.74, 6) is 1.20. The van der Waals surface area contributed by atoms with Crippen LogP contribution >= 0.6 is 12.2 Å². The van der Waals surface area contributed by atoms with Crippen molar-refractivity contribution in [3.63, 3.8) is 0 Å². The number of anilines is 2. The van der Waals surface area contributed by atoms with Crippen LogP contribution in [-0.2, 0) is 0 Å². The molecule has 0 amide bonds. The van der Waals surface area contributed by atoms with E-state index in [-0.39, 0.29) is 0 Å². The predicted molar refractivity (Wildman–Crippen MR) is 88.7 cm³/mol. The normalized spacial score (nSPS) is 10.6. The fourth-order valence-electron chi connectivity index (χ4n) is 2.11. The Balaban J connectivity index is 2.39. The van der Waals surface area contributed by atoms with Crippen LogP contribution in [-0.4, -0.2) is 9.97 Å². The summed E-state index contributed by atoms with van der Waals surface area (Å²) in [7, 11) is 0. The summed E-state index contributed by atoms with van der Waals surface area (Å²) in [5.41, 5.74) is 9.83. The van der Waals surface area contributed by atoms with Gasteiger partial charge in [-0.05, 0) is 36.1 Å². The summed E-state index contributed by atoms with van der Waals surface area (Å²) < 4.78 is 0. The number of rotatable bonds is 4. The topological polar surface area (TPSA) is 50.9 Å². The van der Waals surface area contributed by atoms with E-state index in [2.05, 4.69) is 49.3 Å². The molecule has 0 radical (unpaired) electrons. The molecule has 0 atom stereocenters. The molecule has 104 valence electrons. The van der Waals surface area contributed by atoms with E-state index in [4.69, 9.17) is 18.0 Å². The first kappa shape index (κ1) is 14.5. The van der Waals surface area contributed by atoms with Gasteiger partial charge >= 0.3 is 0 Å². The van der Waals surface area contributed by atoms with Crippen molar-refractivity contribution in [1.82, 2.24) is 4.98 Å². The Hall–Kier alpha value is -1.94. The number of hydrogen-bond donors (Lipinski definition) is 2. The lowest BCUT2D eigenvalue weighted by Gasteiger charge is -2.17. The molecule has 4 heteroatoms. The summed E-state index contributed by atoms with van der Waals surface area (Å²) in [5, 5.41) is 3.39. The van der Waals surface area contributed by atoms with E-state index in [0.29, 0.717) is 16.6 Å². The summed E-state index contributed by atoms with van der Waals surface area (Å²) in [4.78, 5) is 4.74. The number of hydrogen-bond acceptors (Lipinski definition) is 3. The van der Waals surface area contributed by atoms with Crippen molar-refractivity contribution < 1.29 is 0 Å². The lowest BCUT2D eigenvalue weighted by atomic mass is 9.98. The monoisotopic (exact) mass is 285 g/mol.